The van der Waals surface area contributed by atoms with Gasteiger partial charge in [-0.3, -0.25) is 0 Å². The number of aromatic nitrogens is 1. The predicted octanol–water partition coefficient (Wildman–Crippen LogP) is 2.23. The topological polar surface area (TPSA) is 30.2 Å². The molecule has 0 radical (unpaired) electrons. The first kappa shape index (κ1) is 11.4. The average molecular weight is 254 g/mol. The molecule has 1 heterocycles. The van der Waals surface area contributed by atoms with Gasteiger partial charge in [-0.1, -0.05) is 11.3 Å². The number of methoxy groups -OCH3 is 1. The largest absolute Gasteiger partial charge is 0.465 e. The minimum absolute atomic E-state index is 0.288. The van der Waals surface area contributed by atoms with Gasteiger partial charge < -0.3 is 4.74 Å². The van der Waals surface area contributed by atoms with E-state index in [-0.39, 0.29) is 5.97 Å². The number of carbonyl (C=O) groups is 1. The third-order valence-corrected chi connectivity index (χ3v) is 4.76. The number of rotatable bonds is 2. The molecule has 0 N–H and O–H groups in total. The molecule has 0 aliphatic rings. The third-order valence-electron chi connectivity index (χ3n) is 2.39. The Morgan fingerprint density at radius 1 is 1.50 bits per heavy atom. The number of thioether (sulfide) groups is 1. The summed E-state index contributed by atoms with van der Waals surface area (Å²) in [5, 5.41) is 0. The van der Waals surface area contributed by atoms with E-state index in [0.717, 1.165) is 10.2 Å². The number of nitrogens with zero attached hydrogens (tertiary/aromatic N) is 1. The van der Waals surface area contributed by atoms with Gasteiger partial charge in [0, 0.05) is 6.07 Å². The summed E-state index contributed by atoms with van der Waals surface area (Å²) < 4.78 is 9.16. The Labute approximate surface area is 102 Å². The van der Waals surface area contributed by atoms with Gasteiger partial charge in [0.15, 0.2) is 0 Å². The van der Waals surface area contributed by atoms with Gasteiger partial charge in [-0.25, -0.2) is 4.79 Å². The summed E-state index contributed by atoms with van der Waals surface area (Å²) in [6.45, 7) is 0. The molecule has 3 nitrogen and oxygen atoms in total. The molecule has 0 fully saturated rings. The van der Waals surface area contributed by atoms with Gasteiger partial charge >= 0.3 is 5.97 Å². The van der Waals surface area contributed by atoms with Crippen LogP contribution < -0.4 is 4.57 Å². The zero-order valence-electron chi connectivity index (χ0n) is 9.31. The van der Waals surface area contributed by atoms with E-state index < -0.39 is 0 Å². The number of ether oxygens (including phenoxy) is 1. The van der Waals surface area contributed by atoms with Gasteiger partial charge in [0.2, 0.25) is 5.52 Å². The summed E-state index contributed by atoms with van der Waals surface area (Å²) in [5.41, 5.74) is 1.74. The number of thiazole rings is 1. The van der Waals surface area contributed by atoms with E-state index in [1.165, 1.54) is 11.4 Å². The molecule has 1 aromatic heterocycles. The number of fused-ring (bicyclic) bond motifs is 1. The van der Waals surface area contributed by atoms with E-state index in [4.69, 9.17) is 4.74 Å². The van der Waals surface area contributed by atoms with Crippen molar-refractivity contribution in [3.05, 3.63) is 23.8 Å². The van der Waals surface area contributed by atoms with Crippen molar-refractivity contribution in [3.63, 3.8) is 0 Å². The fraction of sp³-hybridized carbons (Fsp3) is 0.273. The molecule has 2 rings (SSSR count). The summed E-state index contributed by atoms with van der Waals surface area (Å²) in [6, 6.07) is 5.63. The number of carbonyl (C=O) groups excluding carboxylic acids is 1. The van der Waals surface area contributed by atoms with Gasteiger partial charge in [0.05, 0.1) is 12.7 Å². The van der Waals surface area contributed by atoms with Crippen molar-refractivity contribution in [3.8, 4) is 0 Å². The van der Waals surface area contributed by atoms with Crippen LogP contribution in [0.25, 0.3) is 10.2 Å². The zero-order chi connectivity index (χ0) is 11.7. The van der Waals surface area contributed by atoms with Crippen LogP contribution in [0.2, 0.25) is 0 Å². The van der Waals surface area contributed by atoms with Crippen LogP contribution in [-0.2, 0) is 11.8 Å². The van der Waals surface area contributed by atoms with Crippen molar-refractivity contribution < 1.29 is 14.1 Å². The highest BCUT2D eigenvalue weighted by Crippen LogP contribution is 2.26. The van der Waals surface area contributed by atoms with E-state index in [1.807, 2.05) is 25.4 Å². The standard InChI is InChI=1S/C11H12NO2S2/c1-12-8-5-4-7(10(13)14-2)6-9(8)16-11(12)15-3/h4-6H,1-3H3/q+1. The lowest BCUT2D eigenvalue weighted by Crippen LogP contribution is -2.27. The Kier molecular flexibility index (Phi) is 3.16. The number of benzene rings is 1. The fourth-order valence-electron chi connectivity index (χ4n) is 1.56. The van der Waals surface area contributed by atoms with E-state index in [1.54, 1.807) is 29.2 Å². The van der Waals surface area contributed by atoms with Gasteiger partial charge in [-0.15, -0.1) is 0 Å². The molecular weight excluding hydrogens is 242 g/mol. The maximum Gasteiger partial charge on any atom is 0.337 e. The van der Waals surface area contributed by atoms with Gasteiger partial charge in [0.25, 0.3) is 4.34 Å². The molecule has 16 heavy (non-hydrogen) atoms. The Hall–Kier alpha value is -1.07. The summed E-state index contributed by atoms with van der Waals surface area (Å²) in [4.78, 5) is 11.4. The number of aryl methyl sites for hydroxylation is 1. The highest BCUT2D eigenvalue weighted by Gasteiger charge is 2.17. The minimum Gasteiger partial charge on any atom is -0.465 e. The summed E-state index contributed by atoms with van der Waals surface area (Å²) in [6.07, 6.45) is 2.05. The molecule has 2 aromatic rings. The molecule has 0 bridgehead atoms. The molecule has 0 unspecified atom stereocenters. The SMILES string of the molecule is COC(=O)c1ccc2c(c1)sc(SC)[n+]2C. The van der Waals surface area contributed by atoms with Crippen molar-refractivity contribution in [1.82, 2.24) is 0 Å². The quantitative estimate of drug-likeness (QED) is 0.468. The van der Waals surface area contributed by atoms with Crippen LogP contribution in [0, 0.1) is 0 Å². The molecule has 0 saturated carbocycles. The second-order valence-corrected chi connectivity index (χ2v) is 5.39. The molecule has 5 heteroatoms. The van der Waals surface area contributed by atoms with Crippen molar-refractivity contribution in [2.24, 2.45) is 7.05 Å². The normalized spacial score (nSPS) is 10.7. The molecule has 0 amide bonds. The molecule has 0 aliphatic heterocycles. The van der Waals surface area contributed by atoms with Crippen molar-refractivity contribution >= 4 is 39.3 Å². The number of hydrogen-bond donors (Lipinski definition) is 0. The maximum atomic E-state index is 11.4. The third kappa shape index (κ3) is 1.81. The van der Waals surface area contributed by atoms with Crippen molar-refractivity contribution in [1.29, 1.82) is 0 Å². The van der Waals surface area contributed by atoms with E-state index in [9.17, 15) is 4.79 Å². The van der Waals surface area contributed by atoms with Crippen LogP contribution in [0.15, 0.2) is 22.5 Å². The highest BCUT2D eigenvalue weighted by molar-refractivity contribution is 8.00. The molecule has 0 atom stereocenters. The molecule has 0 aliphatic carbocycles. The summed E-state index contributed by atoms with van der Waals surface area (Å²) >= 11 is 3.39. The minimum atomic E-state index is -0.288. The second kappa shape index (κ2) is 4.43. The average Bonchev–Trinajstić information content (AvgIpc) is 2.64. The van der Waals surface area contributed by atoms with Crippen LogP contribution in [0.5, 0.6) is 0 Å². The van der Waals surface area contributed by atoms with Crippen LogP contribution in [-0.4, -0.2) is 19.3 Å². The Bertz CT molecular complexity index is 548. The van der Waals surface area contributed by atoms with Crippen molar-refractivity contribution in [2.75, 3.05) is 13.4 Å². The van der Waals surface area contributed by atoms with Gasteiger partial charge in [-0.2, -0.15) is 4.57 Å². The van der Waals surface area contributed by atoms with Gasteiger partial charge in [0.1, 0.15) is 11.7 Å². The van der Waals surface area contributed by atoms with Crippen LogP contribution >= 0.6 is 23.1 Å². The fourth-order valence-corrected chi connectivity index (χ4v) is 3.45. The van der Waals surface area contributed by atoms with Crippen LogP contribution in [0.3, 0.4) is 0 Å². The first-order valence-electron chi connectivity index (χ1n) is 4.72. The predicted molar refractivity (Wildman–Crippen MR) is 66.1 cm³/mol. The molecule has 0 saturated heterocycles. The van der Waals surface area contributed by atoms with E-state index >= 15 is 0 Å². The number of hydrogen-bond acceptors (Lipinski definition) is 4. The lowest BCUT2D eigenvalue weighted by atomic mass is 10.2. The highest BCUT2D eigenvalue weighted by atomic mass is 32.2. The second-order valence-electron chi connectivity index (χ2n) is 3.31. The Morgan fingerprint density at radius 2 is 2.25 bits per heavy atom. The molecular formula is C11H12NO2S2+. The summed E-state index contributed by atoms with van der Waals surface area (Å²) in [7, 11) is 3.43. The lowest BCUT2D eigenvalue weighted by Gasteiger charge is -1.96. The monoisotopic (exact) mass is 254 g/mol. The Morgan fingerprint density at radius 3 is 2.88 bits per heavy atom. The lowest BCUT2D eigenvalue weighted by molar-refractivity contribution is -0.676. The van der Waals surface area contributed by atoms with E-state index in [0.29, 0.717) is 5.56 Å². The first-order valence-corrected chi connectivity index (χ1v) is 6.76. The molecule has 1 aromatic carbocycles. The molecule has 0 spiro atoms. The van der Waals surface area contributed by atoms with Crippen LogP contribution in [0.4, 0.5) is 0 Å². The van der Waals surface area contributed by atoms with Crippen molar-refractivity contribution in [2.45, 2.75) is 4.34 Å². The smallest absolute Gasteiger partial charge is 0.337 e. The summed E-state index contributed by atoms with van der Waals surface area (Å²) in [5.74, 6) is -0.288. The maximum absolute atomic E-state index is 11.4. The Balaban J connectivity index is 2.59. The first-order chi connectivity index (χ1) is 7.67. The van der Waals surface area contributed by atoms with E-state index in [2.05, 4.69) is 4.57 Å². The molecule has 84 valence electrons. The van der Waals surface area contributed by atoms with Gasteiger partial charge in [-0.05, 0) is 30.2 Å². The zero-order valence-corrected chi connectivity index (χ0v) is 10.9. The number of esters is 1. The van der Waals surface area contributed by atoms with Crippen LogP contribution in [0.1, 0.15) is 10.4 Å².